The molecule has 0 bridgehead atoms. The number of ether oxygens (including phenoxy) is 1. The second-order valence-electron chi connectivity index (χ2n) is 6.16. The summed E-state index contributed by atoms with van der Waals surface area (Å²) >= 11 is 0. The third-order valence-electron chi connectivity index (χ3n) is 4.74. The van der Waals surface area contributed by atoms with Gasteiger partial charge in [0.05, 0.1) is 13.2 Å². The van der Waals surface area contributed by atoms with E-state index in [0.29, 0.717) is 0 Å². The third-order valence-corrected chi connectivity index (χ3v) is 4.74. The molecule has 0 aliphatic carbocycles. The number of nitrogens with zero attached hydrogens (tertiary/aromatic N) is 1. The highest BCUT2D eigenvalue weighted by Gasteiger charge is 2.34. The first-order valence-corrected chi connectivity index (χ1v) is 8.17. The summed E-state index contributed by atoms with van der Waals surface area (Å²) in [7, 11) is 1.67. The molecule has 1 aliphatic heterocycles. The first kappa shape index (κ1) is 15.6. The molecule has 2 aromatic carbocycles. The van der Waals surface area contributed by atoms with Crippen molar-refractivity contribution >= 4 is 5.91 Å². The van der Waals surface area contributed by atoms with Crippen LogP contribution in [0.3, 0.4) is 0 Å². The van der Waals surface area contributed by atoms with Crippen molar-refractivity contribution in [2.45, 2.75) is 25.8 Å². The summed E-state index contributed by atoms with van der Waals surface area (Å²) in [5, 5.41) is 0. The van der Waals surface area contributed by atoms with Gasteiger partial charge in [-0.15, -0.1) is 0 Å². The van der Waals surface area contributed by atoms with E-state index in [1.165, 1.54) is 11.1 Å². The number of benzene rings is 2. The quantitative estimate of drug-likeness (QED) is 0.839. The molecule has 3 rings (SSSR count). The van der Waals surface area contributed by atoms with Gasteiger partial charge in [-0.1, -0.05) is 42.5 Å². The van der Waals surface area contributed by atoms with Crippen LogP contribution in [0.5, 0.6) is 5.75 Å². The summed E-state index contributed by atoms with van der Waals surface area (Å²) in [5.41, 5.74) is 2.39. The number of carbonyl (C=O) groups excluding carboxylic acids is 1. The monoisotopic (exact) mass is 309 g/mol. The number of methoxy groups -OCH3 is 1. The van der Waals surface area contributed by atoms with Crippen molar-refractivity contribution in [1.82, 2.24) is 4.90 Å². The molecule has 0 radical (unpaired) electrons. The molecule has 1 unspecified atom stereocenters. The predicted octanol–water partition coefficient (Wildman–Crippen LogP) is 3.85. The molecule has 2 aromatic rings. The summed E-state index contributed by atoms with van der Waals surface area (Å²) in [6, 6.07) is 18.4. The number of hydrogen-bond donors (Lipinski definition) is 0. The Labute approximate surface area is 137 Å². The van der Waals surface area contributed by atoms with Crippen molar-refractivity contribution in [1.29, 1.82) is 0 Å². The van der Waals surface area contributed by atoms with Gasteiger partial charge < -0.3 is 9.64 Å². The van der Waals surface area contributed by atoms with Crippen molar-refractivity contribution in [2.24, 2.45) is 5.92 Å². The first-order chi connectivity index (χ1) is 11.2. The van der Waals surface area contributed by atoms with Crippen LogP contribution in [0.2, 0.25) is 0 Å². The average molecular weight is 309 g/mol. The van der Waals surface area contributed by atoms with E-state index in [0.717, 1.165) is 25.1 Å². The highest BCUT2D eigenvalue weighted by molar-refractivity contribution is 5.81. The minimum Gasteiger partial charge on any atom is -0.497 e. The molecule has 3 nitrogen and oxygen atoms in total. The summed E-state index contributed by atoms with van der Waals surface area (Å²) in [6.45, 7) is 2.96. The highest BCUT2D eigenvalue weighted by atomic mass is 16.5. The Bertz CT molecular complexity index is 651. The molecule has 0 spiro atoms. The van der Waals surface area contributed by atoms with Gasteiger partial charge in [0.2, 0.25) is 5.91 Å². The minimum absolute atomic E-state index is 0.0922. The van der Waals surface area contributed by atoms with E-state index in [4.69, 9.17) is 4.74 Å². The first-order valence-electron chi connectivity index (χ1n) is 8.17. The number of hydrogen-bond acceptors (Lipinski definition) is 2. The maximum absolute atomic E-state index is 12.7. The fourth-order valence-electron chi connectivity index (χ4n) is 3.29. The average Bonchev–Trinajstić information content (AvgIpc) is 2.96. The van der Waals surface area contributed by atoms with Crippen LogP contribution in [-0.4, -0.2) is 24.5 Å². The largest absolute Gasteiger partial charge is 0.497 e. The number of rotatable bonds is 5. The van der Waals surface area contributed by atoms with Gasteiger partial charge in [-0.25, -0.2) is 0 Å². The van der Waals surface area contributed by atoms with E-state index in [9.17, 15) is 4.79 Å². The lowest BCUT2D eigenvalue weighted by Crippen LogP contribution is -2.30. The van der Waals surface area contributed by atoms with Crippen LogP contribution in [0.4, 0.5) is 0 Å². The number of likely N-dealkylation sites (tertiary alicyclic amines) is 1. The van der Waals surface area contributed by atoms with Crippen molar-refractivity contribution < 1.29 is 9.53 Å². The maximum atomic E-state index is 12.7. The molecular formula is C20H23NO2. The van der Waals surface area contributed by atoms with Crippen molar-refractivity contribution in [3.05, 3.63) is 65.7 Å². The van der Waals surface area contributed by atoms with Gasteiger partial charge in [0.15, 0.2) is 0 Å². The third kappa shape index (κ3) is 3.39. The van der Waals surface area contributed by atoms with Crippen LogP contribution in [0.1, 0.15) is 30.5 Å². The van der Waals surface area contributed by atoms with Crippen LogP contribution in [0.15, 0.2) is 54.6 Å². The van der Waals surface area contributed by atoms with Gasteiger partial charge in [0, 0.05) is 12.5 Å². The summed E-state index contributed by atoms with van der Waals surface area (Å²) < 4.78 is 5.18. The molecule has 0 aromatic heterocycles. The lowest BCUT2D eigenvalue weighted by molar-refractivity contribution is -0.132. The summed E-state index contributed by atoms with van der Waals surface area (Å²) in [5.74, 6) is 1.22. The fraction of sp³-hybridized carbons (Fsp3) is 0.350. The van der Waals surface area contributed by atoms with Gasteiger partial charge in [0.25, 0.3) is 0 Å². The minimum atomic E-state index is 0.0922. The number of amides is 1. The Balaban J connectivity index is 1.66. The molecule has 0 saturated carbocycles. The van der Waals surface area contributed by atoms with Gasteiger partial charge >= 0.3 is 0 Å². The standard InChI is InChI=1S/C20H23NO2/c1-15(17-6-4-3-5-7-17)21-13-12-18(20(21)22)14-16-8-10-19(23-2)11-9-16/h3-11,15,18H,12-14H2,1-2H3/t15-,18?/m1/s1. The van der Waals surface area contributed by atoms with Crippen LogP contribution < -0.4 is 4.74 Å². The molecule has 1 heterocycles. The van der Waals surface area contributed by atoms with Gasteiger partial charge in [0.1, 0.15) is 5.75 Å². The van der Waals surface area contributed by atoms with Gasteiger partial charge in [-0.3, -0.25) is 4.79 Å². The van der Waals surface area contributed by atoms with Crippen molar-refractivity contribution in [3.63, 3.8) is 0 Å². The molecule has 1 aliphatic rings. The highest BCUT2D eigenvalue weighted by Crippen LogP contribution is 2.30. The maximum Gasteiger partial charge on any atom is 0.226 e. The fourth-order valence-corrected chi connectivity index (χ4v) is 3.29. The zero-order valence-corrected chi connectivity index (χ0v) is 13.7. The van der Waals surface area contributed by atoms with Gasteiger partial charge in [-0.2, -0.15) is 0 Å². The molecule has 2 atom stereocenters. The van der Waals surface area contributed by atoms with E-state index in [-0.39, 0.29) is 17.9 Å². The Hall–Kier alpha value is -2.29. The Morgan fingerprint density at radius 1 is 1.13 bits per heavy atom. The van der Waals surface area contributed by atoms with Crippen LogP contribution in [-0.2, 0) is 11.2 Å². The van der Waals surface area contributed by atoms with Crippen molar-refractivity contribution in [3.8, 4) is 5.75 Å². The molecular weight excluding hydrogens is 286 g/mol. The van der Waals surface area contributed by atoms with Crippen molar-refractivity contribution in [2.75, 3.05) is 13.7 Å². The Kier molecular flexibility index (Phi) is 4.65. The molecule has 120 valence electrons. The second-order valence-corrected chi connectivity index (χ2v) is 6.16. The van der Waals surface area contributed by atoms with Crippen LogP contribution in [0.25, 0.3) is 0 Å². The summed E-state index contributed by atoms with van der Waals surface area (Å²) in [4.78, 5) is 14.8. The van der Waals surface area contributed by atoms with E-state index < -0.39 is 0 Å². The van der Waals surface area contributed by atoms with E-state index in [1.54, 1.807) is 7.11 Å². The SMILES string of the molecule is COc1ccc(CC2CCN([C@H](C)c3ccccc3)C2=O)cc1. The normalized spacial score (nSPS) is 19.0. The smallest absolute Gasteiger partial charge is 0.226 e. The molecule has 1 saturated heterocycles. The predicted molar refractivity (Wildman–Crippen MR) is 91.4 cm³/mol. The molecule has 1 fully saturated rings. The zero-order chi connectivity index (χ0) is 16.2. The molecule has 0 N–H and O–H groups in total. The number of carbonyl (C=O) groups is 1. The topological polar surface area (TPSA) is 29.5 Å². The lowest BCUT2D eigenvalue weighted by atomic mass is 9.98. The lowest BCUT2D eigenvalue weighted by Gasteiger charge is -2.25. The Morgan fingerprint density at radius 3 is 2.48 bits per heavy atom. The van der Waals surface area contributed by atoms with E-state index in [2.05, 4.69) is 31.2 Å². The van der Waals surface area contributed by atoms with E-state index >= 15 is 0 Å². The zero-order valence-electron chi connectivity index (χ0n) is 13.7. The molecule has 1 amide bonds. The van der Waals surface area contributed by atoms with Gasteiger partial charge in [-0.05, 0) is 43.0 Å². The van der Waals surface area contributed by atoms with Crippen LogP contribution >= 0.6 is 0 Å². The van der Waals surface area contributed by atoms with Crippen LogP contribution in [0, 0.1) is 5.92 Å². The van der Waals surface area contributed by atoms with E-state index in [1.807, 2.05) is 35.2 Å². The summed E-state index contributed by atoms with van der Waals surface area (Å²) in [6.07, 6.45) is 1.74. The molecule has 23 heavy (non-hydrogen) atoms. The molecule has 3 heteroatoms. The Morgan fingerprint density at radius 2 is 1.83 bits per heavy atom. The second kappa shape index (κ2) is 6.86.